The minimum Gasteiger partial charge on any atom is -0.494 e. The van der Waals surface area contributed by atoms with Crippen LogP contribution >= 0.6 is 0 Å². The molecule has 0 radical (unpaired) electrons. The first-order valence-electron chi connectivity index (χ1n) is 11.7. The SMILES string of the molecule is CCOc1ccc(CCc2ccc3c(F)c(CCc4ccc(OC(F)F)c(F)c4)ccc3c2)c(F)c1. The van der Waals surface area contributed by atoms with Crippen LogP contribution in [0.3, 0.4) is 0 Å². The van der Waals surface area contributed by atoms with Crippen molar-refractivity contribution >= 4 is 10.8 Å². The largest absolute Gasteiger partial charge is 0.494 e. The van der Waals surface area contributed by atoms with Crippen molar-refractivity contribution in [1.82, 2.24) is 0 Å². The van der Waals surface area contributed by atoms with Gasteiger partial charge in [-0.1, -0.05) is 42.5 Å². The van der Waals surface area contributed by atoms with Crippen molar-refractivity contribution in [3.8, 4) is 11.5 Å². The van der Waals surface area contributed by atoms with Crippen LogP contribution < -0.4 is 9.47 Å². The van der Waals surface area contributed by atoms with Gasteiger partial charge in [-0.15, -0.1) is 0 Å². The highest BCUT2D eigenvalue weighted by Gasteiger charge is 2.13. The van der Waals surface area contributed by atoms with Crippen molar-refractivity contribution in [2.24, 2.45) is 0 Å². The third kappa shape index (κ3) is 6.14. The summed E-state index contributed by atoms with van der Waals surface area (Å²) in [5.74, 6) is -1.57. The van der Waals surface area contributed by atoms with E-state index in [1.807, 2.05) is 25.1 Å². The van der Waals surface area contributed by atoms with Gasteiger partial charge in [0.25, 0.3) is 0 Å². The summed E-state index contributed by atoms with van der Waals surface area (Å²) < 4.78 is 77.4. The van der Waals surface area contributed by atoms with Gasteiger partial charge in [-0.3, -0.25) is 0 Å². The highest BCUT2D eigenvalue weighted by Crippen LogP contribution is 2.26. The van der Waals surface area contributed by atoms with Gasteiger partial charge in [0, 0.05) is 11.5 Å². The minimum absolute atomic E-state index is 0.312. The summed E-state index contributed by atoms with van der Waals surface area (Å²) in [5.41, 5.74) is 2.57. The standard InChI is InChI=1S/C29H25F5O2/c1-2-35-23-12-11-20(25(30)17-23)7-3-18-5-13-24-22(15-18)10-9-21(28(24)32)8-4-19-6-14-27(26(31)16-19)36-29(33)34/h5-6,9-17,29H,2-4,7-8H2,1H3. The fourth-order valence-electron chi connectivity index (χ4n) is 4.17. The molecule has 0 aliphatic heterocycles. The van der Waals surface area contributed by atoms with Crippen molar-refractivity contribution in [3.05, 3.63) is 106 Å². The van der Waals surface area contributed by atoms with E-state index in [2.05, 4.69) is 4.74 Å². The fourth-order valence-corrected chi connectivity index (χ4v) is 4.17. The summed E-state index contributed by atoms with van der Waals surface area (Å²) in [4.78, 5) is 0. The van der Waals surface area contributed by atoms with Gasteiger partial charge in [-0.25, -0.2) is 13.2 Å². The van der Waals surface area contributed by atoms with Gasteiger partial charge in [0.15, 0.2) is 11.6 Å². The van der Waals surface area contributed by atoms with Crippen molar-refractivity contribution in [3.63, 3.8) is 0 Å². The molecule has 2 nitrogen and oxygen atoms in total. The summed E-state index contributed by atoms with van der Waals surface area (Å²) in [6.07, 6.45) is 1.75. The molecule has 7 heteroatoms. The summed E-state index contributed by atoms with van der Waals surface area (Å²) in [6.45, 7) is -0.794. The van der Waals surface area contributed by atoms with Crippen LogP contribution in [0.1, 0.15) is 29.2 Å². The molecule has 36 heavy (non-hydrogen) atoms. The molecule has 0 bridgehead atoms. The van der Waals surface area contributed by atoms with Crippen LogP contribution in [0.4, 0.5) is 22.0 Å². The molecule has 0 amide bonds. The molecule has 0 spiro atoms. The fraction of sp³-hybridized carbons (Fsp3) is 0.241. The molecule has 0 heterocycles. The highest BCUT2D eigenvalue weighted by molar-refractivity contribution is 5.84. The van der Waals surface area contributed by atoms with Gasteiger partial charge >= 0.3 is 6.61 Å². The van der Waals surface area contributed by atoms with Gasteiger partial charge in [0.05, 0.1) is 6.61 Å². The lowest BCUT2D eigenvalue weighted by Crippen LogP contribution is -2.04. The van der Waals surface area contributed by atoms with E-state index in [0.717, 1.165) is 23.1 Å². The molecule has 0 fully saturated rings. The smallest absolute Gasteiger partial charge is 0.387 e. The second-order valence-electron chi connectivity index (χ2n) is 8.42. The summed E-state index contributed by atoms with van der Waals surface area (Å²) >= 11 is 0. The summed E-state index contributed by atoms with van der Waals surface area (Å²) in [7, 11) is 0. The zero-order chi connectivity index (χ0) is 25.7. The molecule has 4 rings (SSSR count). The average Bonchev–Trinajstić information content (AvgIpc) is 2.84. The number of aryl methyl sites for hydroxylation is 4. The van der Waals surface area contributed by atoms with E-state index in [1.165, 1.54) is 12.1 Å². The van der Waals surface area contributed by atoms with Gasteiger partial charge in [-0.2, -0.15) is 8.78 Å². The molecule has 0 atom stereocenters. The highest BCUT2D eigenvalue weighted by atomic mass is 19.3. The van der Waals surface area contributed by atoms with Crippen molar-refractivity contribution < 1.29 is 31.4 Å². The quantitative estimate of drug-likeness (QED) is 0.207. The molecule has 0 aliphatic rings. The Balaban J connectivity index is 1.42. The molecule has 0 saturated carbocycles. The Hall–Kier alpha value is -3.61. The molecular weight excluding hydrogens is 475 g/mol. The number of benzene rings is 4. The molecule has 188 valence electrons. The molecule has 0 saturated heterocycles. The number of hydrogen-bond acceptors (Lipinski definition) is 2. The normalized spacial score (nSPS) is 11.3. The number of ether oxygens (including phenoxy) is 2. The zero-order valence-corrected chi connectivity index (χ0v) is 19.7. The number of alkyl halides is 2. The Kier molecular flexibility index (Phi) is 8.08. The first-order valence-corrected chi connectivity index (χ1v) is 11.7. The monoisotopic (exact) mass is 500 g/mol. The predicted molar refractivity (Wildman–Crippen MR) is 129 cm³/mol. The molecule has 4 aromatic rings. The number of hydrogen-bond donors (Lipinski definition) is 0. The maximum Gasteiger partial charge on any atom is 0.387 e. The van der Waals surface area contributed by atoms with Crippen LogP contribution in [0.2, 0.25) is 0 Å². The van der Waals surface area contributed by atoms with E-state index in [4.69, 9.17) is 4.74 Å². The number of halogens is 5. The van der Waals surface area contributed by atoms with Crippen molar-refractivity contribution in [2.75, 3.05) is 6.61 Å². The van der Waals surface area contributed by atoms with E-state index >= 15 is 4.39 Å². The minimum atomic E-state index is -3.11. The molecule has 0 N–H and O–H groups in total. The first-order chi connectivity index (χ1) is 17.3. The van der Waals surface area contributed by atoms with E-state index in [9.17, 15) is 17.6 Å². The molecule has 4 aromatic carbocycles. The Morgan fingerprint density at radius 3 is 2.08 bits per heavy atom. The van der Waals surface area contributed by atoms with E-state index in [-0.39, 0.29) is 11.6 Å². The summed E-state index contributed by atoms with van der Waals surface area (Å²) in [5, 5.41) is 1.20. The topological polar surface area (TPSA) is 18.5 Å². The lowest BCUT2D eigenvalue weighted by Gasteiger charge is -2.10. The summed E-state index contributed by atoms with van der Waals surface area (Å²) in [6, 6.07) is 17.6. The van der Waals surface area contributed by atoms with Crippen molar-refractivity contribution in [1.29, 1.82) is 0 Å². The molecule has 0 unspecified atom stereocenters. The lowest BCUT2D eigenvalue weighted by molar-refractivity contribution is -0.0522. The predicted octanol–water partition coefficient (Wildman–Crippen LogP) is 7.83. The van der Waals surface area contributed by atoms with Gasteiger partial charge in [0.1, 0.15) is 17.4 Å². The Morgan fingerprint density at radius 2 is 1.39 bits per heavy atom. The third-order valence-electron chi connectivity index (χ3n) is 6.01. The van der Waals surface area contributed by atoms with Gasteiger partial charge < -0.3 is 9.47 Å². The maximum atomic E-state index is 15.2. The van der Waals surface area contributed by atoms with Crippen LogP contribution in [0.5, 0.6) is 11.5 Å². The molecule has 0 aromatic heterocycles. The number of fused-ring (bicyclic) bond motifs is 1. The first kappa shape index (κ1) is 25.5. The van der Waals surface area contributed by atoms with Crippen LogP contribution in [0.25, 0.3) is 10.8 Å². The van der Waals surface area contributed by atoms with E-state index in [0.29, 0.717) is 60.1 Å². The van der Waals surface area contributed by atoms with Crippen LogP contribution in [0, 0.1) is 17.5 Å². The molecule has 0 aliphatic carbocycles. The van der Waals surface area contributed by atoms with E-state index < -0.39 is 18.2 Å². The van der Waals surface area contributed by atoms with Gasteiger partial charge in [0.2, 0.25) is 0 Å². The Bertz CT molecular complexity index is 1350. The number of rotatable bonds is 10. The van der Waals surface area contributed by atoms with E-state index in [1.54, 1.807) is 24.3 Å². The zero-order valence-electron chi connectivity index (χ0n) is 19.7. The Morgan fingerprint density at radius 1 is 0.694 bits per heavy atom. The maximum absolute atomic E-state index is 15.2. The third-order valence-corrected chi connectivity index (χ3v) is 6.01. The second-order valence-corrected chi connectivity index (χ2v) is 8.42. The van der Waals surface area contributed by atoms with Crippen LogP contribution in [0.15, 0.2) is 66.7 Å². The van der Waals surface area contributed by atoms with Crippen LogP contribution in [-0.4, -0.2) is 13.2 Å². The molecular formula is C29H25F5O2. The van der Waals surface area contributed by atoms with Gasteiger partial charge in [-0.05, 0) is 78.4 Å². The Labute approximate surface area is 206 Å². The average molecular weight is 501 g/mol. The van der Waals surface area contributed by atoms with Crippen molar-refractivity contribution in [2.45, 2.75) is 39.2 Å². The second kappa shape index (κ2) is 11.4. The lowest BCUT2D eigenvalue weighted by atomic mass is 9.97. The van der Waals surface area contributed by atoms with Crippen LogP contribution in [-0.2, 0) is 25.7 Å².